The van der Waals surface area contributed by atoms with Crippen molar-refractivity contribution in [1.29, 1.82) is 0 Å². The van der Waals surface area contributed by atoms with E-state index in [0.29, 0.717) is 24.6 Å². The van der Waals surface area contributed by atoms with Crippen molar-refractivity contribution in [2.45, 2.75) is 26.8 Å². The molecule has 18 heavy (non-hydrogen) atoms. The molecule has 2 nitrogen and oxygen atoms in total. The topological polar surface area (TPSA) is 21.3 Å². The van der Waals surface area contributed by atoms with Crippen LogP contribution in [0.1, 0.15) is 25.8 Å². The van der Waals surface area contributed by atoms with E-state index in [1.807, 2.05) is 0 Å². The van der Waals surface area contributed by atoms with Crippen LogP contribution in [0.4, 0.5) is 8.78 Å². The molecule has 1 rings (SSSR count). The summed E-state index contributed by atoms with van der Waals surface area (Å²) in [5, 5.41) is 3.11. The monoisotopic (exact) mass is 257 g/mol. The lowest BCUT2D eigenvalue weighted by molar-refractivity contribution is 0.108. The maximum absolute atomic E-state index is 13.3. The summed E-state index contributed by atoms with van der Waals surface area (Å²) in [6.45, 7) is 6.86. The maximum atomic E-state index is 13.3. The minimum atomic E-state index is -0.543. The predicted octanol–water partition coefficient (Wildman–Crippen LogP) is 3.12. The van der Waals surface area contributed by atoms with Crippen LogP contribution in [-0.2, 0) is 11.3 Å². The summed E-state index contributed by atoms with van der Waals surface area (Å²) in [5.41, 5.74) is 0.486. The summed E-state index contributed by atoms with van der Waals surface area (Å²) in [6.07, 6.45) is 0.884. The molecule has 0 aliphatic carbocycles. The molecule has 0 fully saturated rings. The smallest absolute Gasteiger partial charge is 0.130 e. The van der Waals surface area contributed by atoms with Crippen LogP contribution in [0.5, 0.6) is 0 Å². The van der Waals surface area contributed by atoms with Gasteiger partial charge >= 0.3 is 0 Å². The number of benzene rings is 1. The van der Waals surface area contributed by atoms with Gasteiger partial charge in [-0.2, -0.15) is 0 Å². The Balaban J connectivity index is 2.11. The summed E-state index contributed by atoms with van der Waals surface area (Å²) in [5.74, 6) is -0.497. The Bertz CT molecular complexity index is 356. The van der Waals surface area contributed by atoms with Gasteiger partial charge < -0.3 is 10.1 Å². The minimum Gasteiger partial charge on any atom is -0.381 e. The molecule has 0 heterocycles. The average Bonchev–Trinajstić information content (AvgIpc) is 2.30. The Morgan fingerprint density at radius 1 is 1.28 bits per heavy atom. The van der Waals surface area contributed by atoms with E-state index < -0.39 is 11.6 Å². The van der Waals surface area contributed by atoms with Crippen molar-refractivity contribution >= 4 is 0 Å². The summed E-state index contributed by atoms with van der Waals surface area (Å²) in [6, 6.07) is 3.64. The van der Waals surface area contributed by atoms with Crippen molar-refractivity contribution in [2.75, 3.05) is 19.8 Å². The number of halogens is 2. The highest BCUT2D eigenvalue weighted by Gasteiger charge is 2.02. The van der Waals surface area contributed by atoms with Crippen LogP contribution < -0.4 is 5.32 Å². The molecule has 0 radical (unpaired) electrons. The van der Waals surface area contributed by atoms with Gasteiger partial charge in [-0.15, -0.1) is 0 Å². The lowest BCUT2D eigenvalue weighted by Gasteiger charge is -2.08. The van der Waals surface area contributed by atoms with E-state index in [9.17, 15) is 8.78 Å². The first-order chi connectivity index (χ1) is 8.59. The molecule has 0 saturated carbocycles. The highest BCUT2D eigenvalue weighted by atomic mass is 19.1. The minimum absolute atomic E-state index is 0.413. The van der Waals surface area contributed by atoms with Crippen molar-refractivity contribution in [2.24, 2.45) is 5.92 Å². The first-order valence-corrected chi connectivity index (χ1v) is 6.32. The second-order valence-electron chi connectivity index (χ2n) is 4.73. The van der Waals surface area contributed by atoms with Crippen LogP contribution in [0.15, 0.2) is 18.2 Å². The van der Waals surface area contributed by atoms with E-state index in [1.54, 1.807) is 0 Å². The molecule has 0 unspecified atom stereocenters. The van der Waals surface area contributed by atoms with Crippen molar-refractivity contribution in [3.63, 3.8) is 0 Å². The Morgan fingerprint density at radius 3 is 2.72 bits per heavy atom. The lowest BCUT2D eigenvalue weighted by atomic mass is 10.2. The highest BCUT2D eigenvalue weighted by Crippen LogP contribution is 2.08. The van der Waals surface area contributed by atoms with Crippen molar-refractivity contribution in [1.82, 2.24) is 5.32 Å². The molecule has 0 spiro atoms. The SMILES string of the molecule is CC(C)COCCCNCc1ccc(F)cc1F. The first-order valence-electron chi connectivity index (χ1n) is 6.32. The van der Waals surface area contributed by atoms with Crippen LogP contribution in [0.25, 0.3) is 0 Å². The molecule has 0 bridgehead atoms. The molecule has 0 aliphatic rings. The number of ether oxygens (including phenoxy) is 1. The van der Waals surface area contributed by atoms with E-state index in [1.165, 1.54) is 12.1 Å². The van der Waals surface area contributed by atoms with Gasteiger partial charge in [0, 0.05) is 31.4 Å². The third kappa shape index (κ3) is 6.07. The van der Waals surface area contributed by atoms with Crippen molar-refractivity contribution < 1.29 is 13.5 Å². The largest absolute Gasteiger partial charge is 0.381 e. The molecule has 1 N–H and O–H groups in total. The highest BCUT2D eigenvalue weighted by molar-refractivity contribution is 5.18. The molecule has 0 aliphatic heterocycles. The van der Waals surface area contributed by atoms with E-state index in [0.717, 1.165) is 25.6 Å². The lowest BCUT2D eigenvalue weighted by Crippen LogP contribution is -2.17. The third-order valence-electron chi connectivity index (χ3n) is 2.42. The normalized spacial score (nSPS) is 11.2. The van der Waals surface area contributed by atoms with Gasteiger partial charge in [0.05, 0.1) is 0 Å². The Morgan fingerprint density at radius 2 is 2.06 bits per heavy atom. The molecule has 0 saturated heterocycles. The molecule has 0 amide bonds. The molecule has 1 aromatic rings. The third-order valence-corrected chi connectivity index (χ3v) is 2.42. The fourth-order valence-corrected chi connectivity index (χ4v) is 1.51. The quantitative estimate of drug-likeness (QED) is 0.722. The number of hydrogen-bond donors (Lipinski definition) is 1. The summed E-state index contributed by atoms with van der Waals surface area (Å²) in [7, 11) is 0. The van der Waals surface area contributed by atoms with Gasteiger partial charge in [0.15, 0.2) is 0 Å². The zero-order valence-electron chi connectivity index (χ0n) is 11.0. The van der Waals surface area contributed by atoms with E-state index in [-0.39, 0.29) is 0 Å². The Kier molecular flexibility index (Phi) is 6.83. The van der Waals surface area contributed by atoms with Crippen LogP contribution in [0.2, 0.25) is 0 Å². The van der Waals surface area contributed by atoms with E-state index in [4.69, 9.17) is 4.74 Å². The molecular formula is C14H21F2NO. The van der Waals surface area contributed by atoms with E-state index >= 15 is 0 Å². The molecule has 0 aromatic heterocycles. The molecule has 102 valence electrons. The van der Waals surface area contributed by atoms with Crippen LogP contribution in [0.3, 0.4) is 0 Å². The van der Waals surface area contributed by atoms with Gasteiger partial charge in [0.1, 0.15) is 11.6 Å². The Labute approximate surface area is 107 Å². The molecule has 0 atom stereocenters. The summed E-state index contributed by atoms with van der Waals surface area (Å²) >= 11 is 0. The summed E-state index contributed by atoms with van der Waals surface area (Å²) in [4.78, 5) is 0. The maximum Gasteiger partial charge on any atom is 0.130 e. The van der Waals surface area contributed by atoms with Gasteiger partial charge in [-0.25, -0.2) is 8.78 Å². The second kappa shape index (κ2) is 8.16. The van der Waals surface area contributed by atoms with Gasteiger partial charge in [-0.05, 0) is 24.9 Å². The Hall–Kier alpha value is -1.00. The zero-order valence-corrected chi connectivity index (χ0v) is 11.0. The number of hydrogen-bond acceptors (Lipinski definition) is 2. The fraction of sp³-hybridized carbons (Fsp3) is 0.571. The molecule has 1 aromatic carbocycles. The zero-order chi connectivity index (χ0) is 13.4. The van der Waals surface area contributed by atoms with Crippen molar-refractivity contribution in [3.05, 3.63) is 35.4 Å². The standard InChI is InChI=1S/C14H21F2NO/c1-11(2)10-18-7-3-6-17-9-12-4-5-13(15)8-14(12)16/h4-5,8,11,17H,3,6-7,9-10H2,1-2H3. The predicted molar refractivity (Wildman–Crippen MR) is 68.3 cm³/mol. The fourth-order valence-electron chi connectivity index (χ4n) is 1.51. The first kappa shape index (κ1) is 15.1. The summed E-state index contributed by atoms with van der Waals surface area (Å²) < 4.78 is 31.4. The molecular weight excluding hydrogens is 236 g/mol. The second-order valence-corrected chi connectivity index (χ2v) is 4.73. The van der Waals surface area contributed by atoms with Crippen LogP contribution >= 0.6 is 0 Å². The van der Waals surface area contributed by atoms with E-state index in [2.05, 4.69) is 19.2 Å². The van der Waals surface area contributed by atoms with Gasteiger partial charge in [0.25, 0.3) is 0 Å². The van der Waals surface area contributed by atoms with Gasteiger partial charge in [-0.1, -0.05) is 19.9 Å². The van der Waals surface area contributed by atoms with Gasteiger partial charge in [-0.3, -0.25) is 0 Å². The van der Waals surface area contributed by atoms with Crippen LogP contribution in [0, 0.1) is 17.6 Å². The van der Waals surface area contributed by atoms with Crippen molar-refractivity contribution in [3.8, 4) is 0 Å². The number of rotatable bonds is 8. The van der Waals surface area contributed by atoms with Gasteiger partial charge in [0.2, 0.25) is 0 Å². The average molecular weight is 257 g/mol. The number of nitrogens with one attached hydrogen (secondary N) is 1. The molecule has 4 heteroatoms. The van der Waals surface area contributed by atoms with Crippen LogP contribution in [-0.4, -0.2) is 19.8 Å².